The second kappa shape index (κ2) is 9.68. The van der Waals surface area contributed by atoms with Crippen molar-refractivity contribution in [3.63, 3.8) is 0 Å². The zero-order chi connectivity index (χ0) is 26.2. The molecule has 0 aliphatic carbocycles. The molecule has 0 aliphatic heterocycles. The Morgan fingerprint density at radius 3 is 2.46 bits per heavy atom. The molecule has 2 aromatic heterocycles. The third-order valence-electron chi connectivity index (χ3n) is 5.73. The van der Waals surface area contributed by atoms with Crippen LogP contribution in [0.3, 0.4) is 0 Å². The predicted octanol–water partition coefficient (Wildman–Crippen LogP) is 4.88. The molecule has 0 saturated carbocycles. The number of para-hydroxylation sites is 1. The minimum absolute atomic E-state index is 0.0844. The van der Waals surface area contributed by atoms with E-state index in [0.717, 1.165) is 10.2 Å². The molecule has 0 unspecified atom stereocenters. The molecule has 0 atom stereocenters. The maximum absolute atomic E-state index is 13.0. The molecule has 11 heteroatoms. The Bertz CT molecular complexity index is 1690. The van der Waals surface area contributed by atoms with E-state index in [1.54, 1.807) is 42.1 Å². The largest absolute Gasteiger partial charge is 0.497 e. The van der Waals surface area contributed by atoms with Crippen LogP contribution in [0.15, 0.2) is 83.8 Å². The molecule has 2 heterocycles. The molecule has 5 rings (SSSR count). The summed E-state index contributed by atoms with van der Waals surface area (Å²) in [4.78, 5) is 17.8. The van der Waals surface area contributed by atoms with Crippen molar-refractivity contribution < 1.29 is 17.9 Å². The number of rotatable bonds is 7. The highest BCUT2D eigenvalue weighted by Crippen LogP contribution is 2.30. The number of fused-ring (bicyclic) bond motifs is 1. The molecule has 0 bridgehead atoms. The van der Waals surface area contributed by atoms with Gasteiger partial charge in [-0.05, 0) is 55.5 Å². The zero-order valence-electron chi connectivity index (χ0n) is 20.2. The van der Waals surface area contributed by atoms with Crippen molar-refractivity contribution in [3.8, 4) is 10.9 Å². The van der Waals surface area contributed by atoms with Gasteiger partial charge in [0.05, 0.1) is 33.6 Å². The number of hydrogen-bond donors (Lipinski definition) is 1. The summed E-state index contributed by atoms with van der Waals surface area (Å²) in [5.41, 5.74) is 2.32. The third kappa shape index (κ3) is 4.78. The third-order valence-corrected chi connectivity index (χ3v) is 8.54. The Kier molecular flexibility index (Phi) is 6.40. The lowest BCUT2D eigenvalue weighted by Crippen LogP contribution is -2.26. The van der Waals surface area contributed by atoms with Gasteiger partial charge in [0.2, 0.25) is 5.13 Å². The number of ether oxygens (including phenoxy) is 1. The summed E-state index contributed by atoms with van der Waals surface area (Å²) < 4.78 is 35.1. The van der Waals surface area contributed by atoms with E-state index in [2.05, 4.69) is 15.4 Å². The SMILES string of the molecule is COc1ccc2sc(-n3nc(C)cc3NC(=O)c3ccc(S(=O)(=O)N(C)c4ccccc4)cc3)nc2c1. The monoisotopic (exact) mass is 533 g/mol. The fourth-order valence-electron chi connectivity index (χ4n) is 3.75. The number of carbonyl (C=O) groups is 1. The first-order valence-corrected chi connectivity index (χ1v) is 13.5. The van der Waals surface area contributed by atoms with Gasteiger partial charge in [-0.3, -0.25) is 9.10 Å². The van der Waals surface area contributed by atoms with E-state index < -0.39 is 15.9 Å². The first-order chi connectivity index (χ1) is 17.8. The average molecular weight is 534 g/mol. The minimum Gasteiger partial charge on any atom is -0.497 e. The van der Waals surface area contributed by atoms with Crippen LogP contribution in [0.2, 0.25) is 0 Å². The summed E-state index contributed by atoms with van der Waals surface area (Å²) >= 11 is 1.44. The van der Waals surface area contributed by atoms with Crippen molar-refractivity contribution >= 4 is 49.0 Å². The predicted molar refractivity (Wildman–Crippen MR) is 144 cm³/mol. The summed E-state index contributed by atoms with van der Waals surface area (Å²) in [6.45, 7) is 1.82. The number of aryl methyl sites for hydroxylation is 1. The van der Waals surface area contributed by atoms with Crippen LogP contribution in [0, 0.1) is 6.92 Å². The van der Waals surface area contributed by atoms with Crippen LogP contribution in [-0.4, -0.2) is 43.2 Å². The molecular weight excluding hydrogens is 510 g/mol. The highest BCUT2D eigenvalue weighted by Gasteiger charge is 2.22. The second-order valence-corrected chi connectivity index (χ2v) is 11.2. The van der Waals surface area contributed by atoms with Crippen LogP contribution in [0.1, 0.15) is 16.1 Å². The average Bonchev–Trinajstić information content (AvgIpc) is 3.50. The molecule has 37 heavy (non-hydrogen) atoms. The van der Waals surface area contributed by atoms with Gasteiger partial charge in [0.15, 0.2) is 0 Å². The number of carbonyl (C=O) groups excluding carboxylic acids is 1. The van der Waals surface area contributed by atoms with Crippen molar-refractivity contribution in [3.05, 3.63) is 90.1 Å². The highest BCUT2D eigenvalue weighted by molar-refractivity contribution is 7.92. The van der Waals surface area contributed by atoms with E-state index in [1.165, 1.54) is 47.0 Å². The number of sulfonamides is 1. The summed E-state index contributed by atoms with van der Waals surface area (Å²) in [5, 5.41) is 7.95. The lowest BCUT2D eigenvalue weighted by molar-refractivity contribution is 0.102. The number of benzene rings is 3. The van der Waals surface area contributed by atoms with Crippen LogP contribution < -0.4 is 14.4 Å². The fraction of sp³-hybridized carbons (Fsp3) is 0.115. The number of amides is 1. The van der Waals surface area contributed by atoms with Crippen molar-refractivity contribution in [2.45, 2.75) is 11.8 Å². The number of hydrogen-bond acceptors (Lipinski definition) is 7. The topological polar surface area (TPSA) is 106 Å². The van der Waals surface area contributed by atoms with Gasteiger partial charge < -0.3 is 10.1 Å². The zero-order valence-corrected chi connectivity index (χ0v) is 21.9. The molecule has 9 nitrogen and oxygen atoms in total. The maximum Gasteiger partial charge on any atom is 0.264 e. The van der Waals surface area contributed by atoms with Crippen LogP contribution in [0.25, 0.3) is 15.3 Å². The Morgan fingerprint density at radius 2 is 1.76 bits per heavy atom. The Labute approximate surface area is 218 Å². The summed E-state index contributed by atoms with van der Waals surface area (Å²) in [5.74, 6) is 0.758. The second-order valence-electron chi connectivity index (χ2n) is 8.20. The normalized spacial score (nSPS) is 11.4. The number of nitrogens with one attached hydrogen (secondary N) is 1. The van der Waals surface area contributed by atoms with Crippen molar-refractivity contribution in [2.75, 3.05) is 23.8 Å². The number of anilines is 2. The number of nitrogens with zero attached hydrogens (tertiary/aromatic N) is 4. The van der Waals surface area contributed by atoms with Gasteiger partial charge in [-0.1, -0.05) is 29.5 Å². The van der Waals surface area contributed by atoms with E-state index in [4.69, 9.17) is 4.74 Å². The van der Waals surface area contributed by atoms with Crippen LogP contribution in [-0.2, 0) is 10.0 Å². The molecule has 188 valence electrons. The molecule has 1 amide bonds. The molecule has 3 aromatic carbocycles. The first kappa shape index (κ1) is 24.5. The van der Waals surface area contributed by atoms with Gasteiger partial charge in [0.1, 0.15) is 11.6 Å². The quantitative estimate of drug-likeness (QED) is 0.320. The van der Waals surface area contributed by atoms with Crippen molar-refractivity contribution in [1.82, 2.24) is 14.8 Å². The molecule has 0 saturated heterocycles. The van der Waals surface area contributed by atoms with E-state index in [-0.39, 0.29) is 4.90 Å². The number of thiazole rings is 1. The summed E-state index contributed by atoms with van der Waals surface area (Å²) in [7, 11) is -0.686. The van der Waals surface area contributed by atoms with Crippen molar-refractivity contribution in [2.24, 2.45) is 0 Å². The molecule has 5 aromatic rings. The van der Waals surface area contributed by atoms with Gasteiger partial charge in [-0.15, -0.1) is 0 Å². The van der Waals surface area contributed by atoms with E-state index in [9.17, 15) is 13.2 Å². The van der Waals surface area contributed by atoms with E-state index >= 15 is 0 Å². The first-order valence-electron chi connectivity index (χ1n) is 11.2. The summed E-state index contributed by atoms with van der Waals surface area (Å²) in [6, 6.07) is 22.0. The lowest BCUT2D eigenvalue weighted by Gasteiger charge is -2.19. The molecule has 0 aliphatic rings. The molecule has 1 N–H and O–H groups in total. The van der Waals surface area contributed by atoms with Gasteiger partial charge in [0, 0.05) is 24.7 Å². The minimum atomic E-state index is -3.78. The van der Waals surface area contributed by atoms with E-state index in [0.29, 0.717) is 33.6 Å². The van der Waals surface area contributed by atoms with E-state index in [1.807, 2.05) is 31.2 Å². The van der Waals surface area contributed by atoms with Crippen molar-refractivity contribution in [1.29, 1.82) is 0 Å². The highest BCUT2D eigenvalue weighted by atomic mass is 32.2. The van der Waals surface area contributed by atoms with Crippen LogP contribution in [0.5, 0.6) is 5.75 Å². The maximum atomic E-state index is 13.0. The number of aromatic nitrogens is 3. The molecular formula is C26H23N5O4S2. The van der Waals surface area contributed by atoms with Crippen LogP contribution >= 0.6 is 11.3 Å². The Balaban J connectivity index is 1.38. The molecule has 0 fully saturated rings. The van der Waals surface area contributed by atoms with Crippen LogP contribution in [0.4, 0.5) is 11.5 Å². The van der Waals surface area contributed by atoms with Gasteiger partial charge in [0.25, 0.3) is 15.9 Å². The standard InChI is InChI=1S/C26H23N5O4S2/c1-17-15-24(31(29-17)26-27-22-16-20(35-3)11-14-23(22)36-26)28-25(32)18-9-12-21(13-10-18)37(33,34)30(2)19-7-5-4-6-8-19/h4-16H,1-3H3,(H,28,32). The molecule has 0 spiro atoms. The van der Waals surface area contributed by atoms with Gasteiger partial charge in [-0.2, -0.15) is 9.78 Å². The number of methoxy groups -OCH3 is 1. The Morgan fingerprint density at radius 1 is 1.03 bits per heavy atom. The summed E-state index contributed by atoms with van der Waals surface area (Å²) in [6.07, 6.45) is 0. The van der Waals surface area contributed by atoms with Gasteiger partial charge in [-0.25, -0.2) is 13.4 Å². The van der Waals surface area contributed by atoms with Gasteiger partial charge >= 0.3 is 0 Å². The smallest absolute Gasteiger partial charge is 0.264 e. The fourth-order valence-corrected chi connectivity index (χ4v) is 5.86. The molecule has 0 radical (unpaired) electrons. The Hall–Kier alpha value is -4.22. The lowest BCUT2D eigenvalue weighted by atomic mass is 10.2.